The zero-order chi connectivity index (χ0) is 28.8. The number of nitrogens with one attached hydrogen (secondary N) is 1. The Hall–Kier alpha value is -4.54. The number of hydrogen-bond acceptors (Lipinski definition) is 9. The van der Waals surface area contributed by atoms with Crippen LogP contribution in [0.4, 0.5) is 5.69 Å². The highest BCUT2D eigenvalue weighted by Crippen LogP contribution is 2.29. The number of amides is 1. The summed E-state index contributed by atoms with van der Waals surface area (Å²) in [6, 6.07) is 12.1. The van der Waals surface area contributed by atoms with E-state index in [1.165, 1.54) is 6.92 Å². The van der Waals surface area contributed by atoms with E-state index >= 15 is 0 Å². The molecule has 4 rings (SSSR count). The SMILES string of the molecule is CC(=O)OC(C)c1ccc(-c2ccc(N3CCC(Cc4nc(C)c(O)c(C(=O)NCC(=O)O)n4)CC3)cc2)nc1. The maximum Gasteiger partial charge on any atom is 0.322 e. The van der Waals surface area contributed by atoms with E-state index in [1.807, 2.05) is 31.2 Å². The standard InChI is InChI=1S/C29H33N5O6/c1-17-28(38)27(29(39)31-16-26(36)37)33-25(32-17)14-20-10-12-34(13-11-20)23-7-4-21(5-8-23)24-9-6-22(15-30-24)18(2)40-19(3)35/h4-9,15,18,20,38H,10-14,16H2,1-3H3,(H,31,39)(H,36,37). The molecule has 2 aromatic heterocycles. The summed E-state index contributed by atoms with van der Waals surface area (Å²) in [5, 5.41) is 21.2. The van der Waals surface area contributed by atoms with Gasteiger partial charge in [0.25, 0.3) is 5.91 Å². The number of pyridine rings is 1. The highest BCUT2D eigenvalue weighted by molar-refractivity contribution is 5.96. The molecule has 1 atom stereocenters. The van der Waals surface area contributed by atoms with Crippen molar-refractivity contribution in [2.75, 3.05) is 24.5 Å². The highest BCUT2D eigenvalue weighted by atomic mass is 16.5. The molecule has 0 bridgehead atoms. The van der Waals surface area contributed by atoms with Crippen LogP contribution in [0.3, 0.4) is 0 Å². The third-order valence-corrected chi connectivity index (χ3v) is 6.93. The van der Waals surface area contributed by atoms with Gasteiger partial charge in [0.2, 0.25) is 0 Å². The van der Waals surface area contributed by atoms with Crippen molar-refractivity contribution < 1.29 is 29.3 Å². The van der Waals surface area contributed by atoms with Crippen molar-refractivity contribution in [2.24, 2.45) is 5.92 Å². The van der Waals surface area contributed by atoms with Crippen LogP contribution in [0, 0.1) is 12.8 Å². The number of carbonyl (C=O) groups excluding carboxylic acids is 2. The van der Waals surface area contributed by atoms with Crippen molar-refractivity contribution in [3.05, 3.63) is 65.4 Å². The number of nitrogens with zero attached hydrogens (tertiary/aromatic N) is 4. The van der Waals surface area contributed by atoms with Gasteiger partial charge in [-0.05, 0) is 50.8 Å². The molecule has 1 aliphatic rings. The summed E-state index contributed by atoms with van der Waals surface area (Å²) in [6.45, 7) is 5.94. The van der Waals surface area contributed by atoms with E-state index in [2.05, 4.69) is 37.3 Å². The average Bonchev–Trinajstić information content (AvgIpc) is 2.94. The number of aromatic hydroxyl groups is 1. The van der Waals surface area contributed by atoms with Crippen LogP contribution < -0.4 is 10.2 Å². The number of ether oxygens (including phenoxy) is 1. The first kappa shape index (κ1) is 28.5. The van der Waals surface area contributed by atoms with Gasteiger partial charge in [0.05, 0.1) is 11.4 Å². The predicted molar refractivity (Wildman–Crippen MR) is 147 cm³/mol. The summed E-state index contributed by atoms with van der Waals surface area (Å²) in [5.41, 5.74) is 3.87. The predicted octanol–water partition coefficient (Wildman–Crippen LogP) is 3.45. The summed E-state index contributed by atoms with van der Waals surface area (Å²) >= 11 is 0. The summed E-state index contributed by atoms with van der Waals surface area (Å²) in [5.74, 6) is -1.82. The van der Waals surface area contributed by atoms with E-state index in [4.69, 9.17) is 9.84 Å². The maximum absolute atomic E-state index is 12.3. The number of aromatic nitrogens is 3. The molecule has 1 fully saturated rings. The fraction of sp³-hybridized carbons (Fsp3) is 0.379. The van der Waals surface area contributed by atoms with Crippen LogP contribution in [0.5, 0.6) is 5.75 Å². The smallest absolute Gasteiger partial charge is 0.322 e. The molecule has 3 aromatic rings. The van der Waals surface area contributed by atoms with Crippen molar-refractivity contribution in [3.8, 4) is 17.0 Å². The molecule has 1 unspecified atom stereocenters. The second kappa shape index (κ2) is 12.5. The van der Waals surface area contributed by atoms with Crippen molar-refractivity contribution >= 4 is 23.5 Å². The van der Waals surface area contributed by atoms with Gasteiger partial charge in [-0.1, -0.05) is 18.2 Å². The lowest BCUT2D eigenvalue weighted by molar-refractivity contribution is -0.145. The van der Waals surface area contributed by atoms with E-state index in [0.717, 1.165) is 48.4 Å². The fourth-order valence-corrected chi connectivity index (χ4v) is 4.74. The Morgan fingerprint density at radius 3 is 2.40 bits per heavy atom. The van der Waals surface area contributed by atoms with Crippen molar-refractivity contribution in [1.82, 2.24) is 20.3 Å². The molecule has 0 spiro atoms. The molecule has 0 saturated carbocycles. The Balaban J connectivity index is 1.34. The quantitative estimate of drug-likeness (QED) is 0.339. The molecular weight excluding hydrogens is 514 g/mol. The molecule has 3 N–H and O–H groups in total. The van der Waals surface area contributed by atoms with Gasteiger partial charge in [-0.3, -0.25) is 19.4 Å². The molecule has 11 heteroatoms. The van der Waals surface area contributed by atoms with Crippen LogP contribution in [-0.4, -0.2) is 62.6 Å². The number of aliphatic carboxylic acids is 1. The van der Waals surface area contributed by atoms with E-state index in [9.17, 15) is 19.5 Å². The topological polar surface area (TPSA) is 155 Å². The molecule has 3 heterocycles. The molecule has 11 nitrogen and oxygen atoms in total. The largest absolute Gasteiger partial charge is 0.504 e. The molecule has 1 saturated heterocycles. The van der Waals surface area contributed by atoms with Gasteiger partial charge in [-0.25, -0.2) is 9.97 Å². The number of carboxylic acids is 1. The number of hydrogen-bond donors (Lipinski definition) is 3. The number of rotatable bonds is 9. The van der Waals surface area contributed by atoms with Gasteiger partial charge >= 0.3 is 11.9 Å². The number of anilines is 1. The normalized spacial score (nSPS) is 14.4. The lowest BCUT2D eigenvalue weighted by atomic mass is 9.92. The Morgan fingerprint density at radius 1 is 1.10 bits per heavy atom. The van der Waals surface area contributed by atoms with Crippen LogP contribution in [0.1, 0.15) is 60.4 Å². The molecule has 1 aromatic carbocycles. The van der Waals surface area contributed by atoms with Crippen molar-refractivity contribution in [1.29, 1.82) is 0 Å². The van der Waals surface area contributed by atoms with Crippen molar-refractivity contribution in [2.45, 2.75) is 46.1 Å². The minimum absolute atomic E-state index is 0.204. The second-order valence-electron chi connectivity index (χ2n) is 9.91. The summed E-state index contributed by atoms with van der Waals surface area (Å²) < 4.78 is 5.21. The summed E-state index contributed by atoms with van der Waals surface area (Å²) in [7, 11) is 0. The number of carboxylic acid groups (broad SMARTS) is 1. The lowest BCUT2D eigenvalue weighted by Gasteiger charge is -2.33. The van der Waals surface area contributed by atoms with Crippen LogP contribution in [0.25, 0.3) is 11.3 Å². The molecule has 0 aliphatic carbocycles. The van der Waals surface area contributed by atoms with E-state index in [1.54, 1.807) is 13.1 Å². The van der Waals surface area contributed by atoms with E-state index < -0.39 is 18.4 Å². The zero-order valence-electron chi connectivity index (χ0n) is 22.8. The van der Waals surface area contributed by atoms with E-state index in [-0.39, 0.29) is 29.2 Å². The van der Waals surface area contributed by atoms with Gasteiger partial charge in [-0.15, -0.1) is 0 Å². The Bertz CT molecular complexity index is 1370. The number of aryl methyl sites for hydroxylation is 1. The Morgan fingerprint density at radius 2 is 1.80 bits per heavy atom. The second-order valence-corrected chi connectivity index (χ2v) is 9.91. The molecule has 210 valence electrons. The first-order chi connectivity index (χ1) is 19.1. The number of piperidine rings is 1. The first-order valence-corrected chi connectivity index (χ1v) is 13.2. The van der Waals surface area contributed by atoms with Gasteiger partial charge < -0.3 is 25.2 Å². The first-order valence-electron chi connectivity index (χ1n) is 13.2. The summed E-state index contributed by atoms with van der Waals surface area (Å²) in [6.07, 6.45) is 3.76. The number of carbonyl (C=O) groups is 3. The van der Waals surface area contributed by atoms with Gasteiger partial charge in [0, 0.05) is 49.4 Å². The van der Waals surface area contributed by atoms with E-state index in [0.29, 0.717) is 18.2 Å². The zero-order valence-corrected chi connectivity index (χ0v) is 22.8. The third kappa shape index (κ3) is 7.10. The van der Waals surface area contributed by atoms with Crippen LogP contribution in [-0.2, 0) is 20.7 Å². The molecule has 1 amide bonds. The minimum Gasteiger partial charge on any atom is -0.504 e. The minimum atomic E-state index is -1.18. The number of benzene rings is 1. The van der Waals surface area contributed by atoms with Crippen molar-refractivity contribution in [3.63, 3.8) is 0 Å². The average molecular weight is 548 g/mol. The molecule has 40 heavy (non-hydrogen) atoms. The monoisotopic (exact) mass is 547 g/mol. The lowest BCUT2D eigenvalue weighted by Crippen LogP contribution is -2.34. The third-order valence-electron chi connectivity index (χ3n) is 6.93. The van der Waals surface area contributed by atoms with Gasteiger partial charge in [0.15, 0.2) is 11.4 Å². The highest BCUT2D eigenvalue weighted by Gasteiger charge is 2.24. The van der Waals surface area contributed by atoms with Crippen LogP contribution in [0.2, 0.25) is 0 Å². The Kier molecular flexibility index (Phi) is 8.93. The maximum atomic E-state index is 12.3. The van der Waals surface area contributed by atoms with Gasteiger partial charge in [-0.2, -0.15) is 0 Å². The Labute approximate surface area is 232 Å². The molecular formula is C29H33N5O6. The van der Waals surface area contributed by atoms with Crippen LogP contribution in [0.15, 0.2) is 42.6 Å². The fourth-order valence-electron chi connectivity index (χ4n) is 4.74. The summed E-state index contributed by atoms with van der Waals surface area (Å²) in [4.78, 5) is 49.7. The van der Waals surface area contributed by atoms with Crippen LogP contribution >= 0.6 is 0 Å². The molecule has 1 aliphatic heterocycles. The molecule has 0 radical (unpaired) electrons. The number of esters is 1. The van der Waals surface area contributed by atoms with Gasteiger partial charge in [0.1, 0.15) is 18.5 Å².